The lowest BCUT2D eigenvalue weighted by molar-refractivity contribution is -0.138. The van der Waals surface area contributed by atoms with Gasteiger partial charge >= 0.3 is 6.18 Å². The van der Waals surface area contributed by atoms with E-state index < -0.39 is 34.8 Å². The molecular weight excluding hydrogens is 445 g/mol. The summed E-state index contributed by atoms with van der Waals surface area (Å²) < 4.78 is 41.5. The van der Waals surface area contributed by atoms with Crippen molar-refractivity contribution >= 4 is 23.3 Å². The molecule has 0 unspecified atom stereocenters. The molecule has 3 rings (SSSR count). The number of rotatable bonds is 5. The number of aromatic nitrogens is 2. The maximum Gasteiger partial charge on any atom is 0.417 e. The zero-order valence-corrected chi connectivity index (χ0v) is 17.9. The average molecular weight is 463 g/mol. The number of anilines is 1. The van der Waals surface area contributed by atoms with Crippen molar-refractivity contribution in [1.82, 2.24) is 9.13 Å². The summed E-state index contributed by atoms with van der Waals surface area (Å²) >= 11 is 5.64. The first-order chi connectivity index (χ1) is 15.0. The Morgan fingerprint density at radius 1 is 1.22 bits per heavy atom. The number of carbonyl (C=O) groups is 1. The third-order valence-electron chi connectivity index (χ3n) is 5.07. The van der Waals surface area contributed by atoms with Gasteiger partial charge in [-0.05, 0) is 31.0 Å². The molecule has 0 aliphatic rings. The number of nitrogens with one attached hydrogen (secondary N) is 1. The minimum absolute atomic E-state index is 0.211. The fraction of sp³-hybridized carbons (Fsp3) is 0.227. The van der Waals surface area contributed by atoms with Gasteiger partial charge in [-0.2, -0.15) is 18.4 Å². The van der Waals surface area contributed by atoms with Gasteiger partial charge in [0.15, 0.2) is 0 Å². The van der Waals surface area contributed by atoms with Crippen LogP contribution in [0.3, 0.4) is 0 Å². The zero-order valence-electron chi connectivity index (χ0n) is 17.1. The lowest BCUT2D eigenvalue weighted by Gasteiger charge is -2.15. The molecule has 0 fully saturated rings. The Balaban J connectivity index is 1.95. The second-order valence-corrected chi connectivity index (χ2v) is 7.58. The van der Waals surface area contributed by atoms with Crippen LogP contribution in [0.4, 0.5) is 19.0 Å². The highest BCUT2D eigenvalue weighted by molar-refractivity contribution is 6.30. The van der Waals surface area contributed by atoms with Crippen molar-refractivity contribution in [1.29, 1.82) is 5.26 Å². The number of benzene rings is 1. The normalized spacial score (nSPS) is 11.3. The van der Waals surface area contributed by atoms with Crippen LogP contribution in [0.5, 0.6) is 0 Å². The molecule has 1 aromatic carbocycles. The van der Waals surface area contributed by atoms with Crippen LogP contribution in [-0.4, -0.2) is 15.0 Å². The van der Waals surface area contributed by atoms with Crippen molar-refractivity contribution < 1.29 is 18.0 Å². The molecule has 10 heteroatoms. The predicted octanol–water partition coefficient (Wildman–Crippen LogP) is 4.50. The highest BCUT2D eigenvalue weighted by Crippen LogP contribution is 2.30. The predicted molar refractivity (Wildman–Crippen MR) is 114 cm³/mol. The molecule has 0 spiro atoms. The fourth-order valence-electron chi connectivity index (χ4n) is 3.29. The van der Waals surface area contributed by atoms with Crippen LogP contribution in [0.25, 0.3) is 0 Å². The lowest BCUT2D eigenvalue weighted by atomic mass is 10.2. The quantitative estimate of drug-likeness (QED) is 0.606. The monoisotopic (exact) mass is 462 g/mol. The standard InChI is InChI=1S/C22H18ClF3N4O2/c1-13-14(2)30(10-15-6-4-3-5-7-15)20(17(13)9-27)28-19(31)12-29-11-16(22(24,25)26)8-18(23)21(29)32/h3-8,11H,10,12H2,1-2H3,(H,28,31). The average Bonchev–Trinajstić information content (AvgIpc) is 2.95. The number of carbonyl (C=O) groups excluding carboxylic acids is 1. The topological polar surface area (TPSA) is 79.8 Å². The molecule has 1 amide bonds. The van der Waals surface area contributed by atoms with Crippen LogP contribution in [0, 0.1) is 25.2 Å². The van der Waals surface area contributed by atoms with E-state index in [-0.39, 0.29) is 11.4 Å². The molecule has 3 aromatic rings. The van der Waals surface area contributed by atoms with E-state index in [0.717, 1.165) is 11.3 Å². The van der Waals surface area contributed by atoms with E-state index in [4.69, 9.17) is 11.6 Å². The van der Waals surface area contributed by atoms with Crippen molar-refractivity contribution in [3.05, 3.63) is 85.9 Å². The van der Waals surface area contributed by atoms with Crippen LogP contribution in [0.15, 0.2) is 47.4 Å². The highest BCUT2D eigenvalue weighted by Gasteiger charge is 2.32. The molecule has 32 heavy (non-hydrogen) atoms. The summed E-state index contributed by atoms with van der Waals surface area (Å²) in [6.45, 7) is 3.19. The summed E-state index contributed by atoms with van der Waals surface area (Å²) in [6.07, 6.45) is -4.19. The maximum atomic E-state index is 13.1. The Bertz CT molecular complexity index is 1270. The van der Waals surface area contributed by atoms with Crippen molar-refractivity contribution in [2.45, 2.75) is 33.1 Å². The third kappa shape index (κ3) is 4.70. The molecule has 0 atom stereocenters. The Kier molecular flexibility index (Phi) is 6.46. The number of amides is 1. The Morgan fingerprint density at radius 3 is 2.47 bits per heavy atom. The first kappa shape index (κ1) is 23.2. The molecule has 166 valence electrons. The van der Waals surface area contributed by atoms with Gasteiger partial charge in [0.2, 0.25) is 5.91 Å². The van der Waals surface area contributed by atoms with E-state index in [1.165, 1.54) is 0 Å². The molecule has 0 saturated carbocycles. The molecule has 0 aliphatic heterocycles. The van der Waals surface area contributed by atoms with Crippen molar-refractivity contribution in [3.63, 3.8) is 0 Å². The molecule has 1 N–H and O–H groups in total. The Morgan fingerprint density at radius 2 is 1.88 bits per heavy atom. The van der Waals surface area contributed by atoms with Gasteiger partial charge in [0.25, 0.3) is 5.56 Å². The van der Waals surface area contributed by atoms with Gasteiger partial charge in [0.05, 0.1) is 11.1 Å². The molecule has 2 heterocycles. The smallest absolute Gasteiger partial charge is 0.326 e. The van der Waals surface area contributed by atoms with Gasteiger partial charge in [0.1, 0.15) is 23.5 Å². The minimum Gasteiger partial charge on any atom is -0.326 e. The van der Waals surface area contributed by atoms with Gasteiger partial charge < -0.3 is 14.5 Å². The highest BCUT2D eigenvalue weighted by atomic mass is 35.5. The van der Waals surface area contributed by atoms with Crippen LogP contribution < -0.4 is 10.9 Å². The van der Waals surface area contributed by atoms with Crippen molar-refractivity contribution in [3.8, 4) is 6.07 Å². The third-order valence-corrected chi connectivity index (χ3v) is 5.34. The van der Waals surface area contributed by atoms with Crippen LogP contribution in [-0.2, 0) is 24.1 Å². The first-order valence-electron chi connectivity index (χ1n) is 9.43. The summed E-state index contributed by atoms with van der Waals surface area (Å²) in [6, 6.07) is 11.9. The van der Waals surface area contributed by atoms with E-state index in [2.05, 4.69) is 11.4 Å². The van der Waals surface area contributed by atoms with Gasteiger partial charge in [-0.25, -0.2) is 0 Å². The molecule has 0 saturated heterocycles. The Hall–Kier alpha value is -3.51. The number of alkyl halides is 3. The number of hydrogen-bond donors (Lipinski definition) is 1. The van der Waals surface area contributed by atoms with E-state index in [0.29, 0.717) is 28.9 Å². The van der Waals surface area contributed by atoms with E-state index >= 15 is 0 Å². The lowest BCUT2D eigenvalue weighted by Crippen LogP contribution is -2.29. The van der Waals surface area contributed by atoms with Crippen molar-refractivity contribution in [2.24, 2.45) is 0 Å². The summed E-state index contributed by atoms with van der Waals surface area (Å²) in [4.78, 5) is 24.8. The van der Waals surface area contributed by atoms with E-state index in [1.807, 2.05) is 30.3 Å². The second-order valence-electron chi connectivity index (χ2n) is 7.17. The molecule has 0 bridgehead atoms. The summed E-state index contributed by atoms with van der Waals surface area (Å²) in [7, 11) is 0. The van der Waals surface area contributed by atoms with Gasteiger partial charge in [0, 0.05) is 18.4 Å². The number of nitrogens with zero attached hydrogens (tertiary/aromatic N) is 3. The largest absolute Gasteiger partial charge is 0.417 e. The van der Waals surface area contributed by atoms with Gasteiger partial charge in [-0.15, -0.1) is 0 Å². The summed E-state index contributed by atoms with van der Waals surface area (Å²) in [5.41, 5.74) is 0.500. The molecule has 2 aromatic heterocycles. The number of pyridine rings is 1. The molecule has 6 nitrogen and oxygen atoms in total. The maximum absolute atomic E-state index is 13.1. The summed E-state index contributed by atoms with van der Waals surface area (Å²) in [5.74, 6) is -0.562. The first-order valence-corrected chi connectivity index (χ1v) is 9.81. The minimum atomic E-state index is -4.73. The zero-order chi connectivity index (χ0) is 23.6. The molecule has 0 radical (unpaired) electrons. The molecule has 0 aliphatic carbocycles. The van der Waals surface area contributed by atoms with Crippen molar-refractivity contribution in [2.75, 3.05) is 5.32 Å². The Labute approximate surface area is 186 Å². The second kappa shape index (κ2) is 8.93. The molecular formula is C22H18ClF3N4O2. The SMILES string of the molecule is Cc1c(C#N)c(NC(=O)Cn2cc(C(F)(F)F)cc(Cl)c2=O)n(Cc2ccccc2)c1C. The summed E-state index contributed by atoms with van der Waals surface area (Å²) in [5, 5.41) is 11.5. The fourth-order valence-corrected chi connectivity index (χ4v) is 3.52. The van der Waals surface area contributed by atoms with Crippen LogP contribution in [0.2, 0.25) is 5.02 Å². The van der Waals surface area contributed by atoms with Crippen LogP contribution >= 0.6 is 11.6 Å². The number of halogens is 4. The number of nitriles is 1. The van der Waals surface area contributed by atoms with E-state index in [1.54, 1.807) is 18.4 Å². The van der Waals surface area contributed by atoms with Gasteiger partial charge in [-0.1, -0.05) is 41.9 Å². The van der Waals surface area contributed by atoms with Crippen LogP contribution in [0.1, 0.15) is 27.9 Å². The van der Waals surface area contributed by atoms with Gasteiger partial charge in [-0.3, -0.25) is 9.59 Å². The van der Waals surface area contributed by atoms with E-state index in [9.17, 15) is 28.0 Å². The number of hydrogen-bond acceptors (Lipinski definition) is 3.